The van der Waals surface area contributed by atoms with Crippen LogP contribution in [0.2, 0.25) is 0 Å². The van der Waals surface area contributed by atoms with Crippen molar-refractivity contribution >= 4 is 16.7 Å². The van der Waals surface area contributed by atoms with Crippen molar-refractivity contribution in [3.05, 3.63) is 56.7 Å². The van der Waals surface area contributed by atoms with E-state index in [1.54, 1.807) is 13.2 Å². The fourth-order valence-electron chi connectivity index (χ4n) is 6.49. The van der Waals surface area contributed by atoms with Crippen molar-refractivity contribution in [1.29, 1.82) is 0 Å². The maximum Gasteiger partial charge on any atom is 0.256 e. The van der Waals surface area contributed by atoms with Crippen LogP contribution in [0, 0.1) is 6.92 Å². The molecule has 3 N–H and O–H groups in total. The second-order valence-corrected chi connectivity index (χ2v) is 11.6. The number of fused-ring (bicyclic) bond motifs is 1. The van der Waals surface area contributed by atoms with E-state index < -0.39 is 6.23 Å². The number of nitrogens with zero attached hydrogens (tertiary/aromatic N) is 3. The molecular weight excluding hydrogens is 534 g/mol. The first kappa shape index (κ1) is 30.6. The molecule has 4 heterocycles. The Morgan fingerprint density at radius 3 is 2.55 bits per heavy atom. The highest BCUT2D eigenvalue weighted by Gasteiger charge is 2.28. The number of nitrogens with one attached hydrogen (secondary N) is 2. The average Bonchev–Trinajstić information content (AvgIpc) is 3.39. The van der Waals surface area contributed by atoms with Crippen LogP contribution in [-0.2, 0) is 24.2 Å². The topological polar surface area (TPSA) is 106 Å². The van der Waals surface area contributed by atoms with Crippen molar-refractivity contribution in [3.8, 4) is 5.75 Å². The molecular formula is C32H47N5O5. The van der Waals surface area contributed by atoms with Crippen molar-refractivity contribution < 1.29 is 19.0 Å². The van der Waals surface area contributed by atoms with Gasteiger partial charge in [-0.2, -0.15) is 0 Å². The highest BCUT2D eigenvalue weighted by Crippen LogP contribution is 2.39. The summed E-state index contributed by atoms with van der Waals surface area (Å²) >= 11 is 0. The lowest BCUT2D eigenvalue weighted by molar-refractivity contribution is 0.0846. The molecule has 2 saturated heterocycles. The summed E-state index contributed by atoms with van der Waals surface area (Å²) in [5.74, 6) is 1.40. The maximum atomic E-state index is 12.8. The Balaban J connectivity index is 1.54. The summed E-state index contributed by atoms with van der Waals surface area (Å²) in [7, 11) is 3.71. The zero-order valence-corrected chi connectivity index (χ0v) is 25.8. The largest absolute Gasteiger partial charge is 0.496 e. The van der Waals surface area contributed by atoms with Gasteiger partial charge in [0.15, 0.2) is 0 Å². The smallest absolute Gasteiger partial charge is 0.256 e. The lowest BCUT2D eigenvalue weighted by Crippen LogP contribution is -2.43. The summed E-state index contributed by atoms with van der Waals surface area (Å²) in [6, 6.07) is 6.43. The average molecular weight is 582 g/mol. The van der Waals surface area contributed by atoms with Crippen molar-refractivity contribution in [1.82, 2.24) is 20.1 Å². The summed E-state index contributed by atoms with van der Waals surface area (Å²) in [6.07, 6.45) is 1.66. The van der Waals surface area contributed by atoms with Crippen LogP contribution in [0.15, 0.2) is 27.4 Å². The first-order valence-electron chi connectivity index (χ1n) is 15.3. The summed E-state index contributed by atoms with van der Waals surface area (Å²) in [4.78, 5) is 22.8. The number of furan rings is 1. The predicted molar refractivity (Wildman–Crippen MR) is 165 cm³/mol. The number of pyridine rings is 1. The number of hydrogen-bond donors (Lipinski definition) is 3. The minimum Gasteiger partial charge on any atom is -0.496 e. The van der Waals surface area contributed by atoms with Gasteiger partial charge in [0.25, 0.3) is 5.56 Å². The zero-order valence-electron chi connectivity index (χ0n) is 25.8. The molecule has 10 nitrogen and oxygen atoms in total. The third-order valence-corrected chi connectivity index (χ3v) is 8.81. The highest BCUT2D eigenvalue weighted by atomic mass is 16.5. The van der Waals surface area contributed by atoms with Crippen LogP contribution in [0.1, 0.15) is 61.1 Å². The quantitative estimate of drug-likeness (QED) is 0.293. The number of ether oxygens (including phenoxy) is 2. The van der Waals surface area contributed by atoms with Gasteiger partial charge in [-0.15, -0.1) is 0 Å². The molecule has 42 heavy (non-hydrogen) atoms. The van der Waals surface area contributed by atoms with Crippen LogP contribution >= 0.6 is 0 Å². The zero-order chi connectivity index (χ0) is 29.8. The Hall–Kier alpha value is -2.89. The Kier molecular flexibility index (Phi) is 9.90. The van der Waals surface area contributed by atoms with Gasteiger partial charge in [0.2, 0.25) is 0 Å². The van der Waals surface area contributed by atoms with Crippen LogP contribution in [0.5, 0.6) is 5.75 Å². The predicted octanol–water partition coefficient (Wildman–Crippen LogP) is 3.53. The SMILES string of the molecule is CCc1c(N(CC)C2CCOCC2)cc2oc(CN3CCN(C)CC3)cc2c1C(O)NCc1c(OC)cc(C)[nH]c1=O. The van der Waals surface area contributed by atoms with Crippen molar-refractivity contribution in [2.24, 2.45) is 0 Å². The molecule has 0 bridgehead atoms. The van der Waals surface area contributed by atoms with E-state index >= 15 is 0 Å². The Labute approximate surface area is 248 Å². The van der Waals surface area contributed by atoms with Crippen LogP contribution in [0.3, 0.4) is 0 Å². The number of rotatable bonds is 11. The van der Waals surface area contributed by atoms with E-state index in [0.29, 0.717) is 17.4 Å². The number of aromatic nitrogens is 1. The summed E-state index contributed by atoms with van der Waals surface area (Å²) < 4.78 is 17.7. The number of aryl methyl sites for hydroxylation is 1. The number of aromatic amines is 1. The minimum absolute atomic E-state index is 0.151. The van der Waals surface area contributed by atoms with E-state index in [0.717, 1.165) is 111 Å². The van der Waals surface area contributed by atoms with Crippen LogP contribution in [0.4, 0.5) is 5.69 Å². The van der Waals surface area contributed by atoms with Gasteiger partial charge in [-0.25, -0.2) is 0 Å². The van der Waals surface area contributed by atoms with E-state index in [1.807, 2.05) is 6.92 Å². The number of hydrogen-bond acceptors (Lipinski definition) is 9. The van der Waals surface area contributed by atoms with Gasteiger partial charge in [-0.05, 0) is 57.9 Å². The lowest BCUT2D eigenvalue weighted by atomic mass is 9.95. The normalized spacial score (nSPS) is 18.0. The van der Waals surface area contributed by atoms with Gasteiger partial charge >= 0.3 is 0 Å². The second-order valence-electron chi connectivity index (χ2n) is 11.6. The fourth-order valence-corrected chi connectivity index (χ4v) is 6.49. The molecule has 2 aromatic heterocycles. The van der Waals surface area contributed by atoms with Gasteiger partial charge in [-0.3, -0.25) is 15.0 Å². The third-order valence-electron chi connectivity index (χ3n) is 8.81. The number of aliphatic hydroxyl groups excluding tert-OH is 1. The Morgan fingerprint density at radius 2 is 1.88 bits per heavy atom. The monoisotopic (exact) mass is 581 g/mol. The van der Waals surface area contributed by atoms with E-state index in [-0.39, 0.29) is 12.1 Å². The summed E-state index contributed by atoms with van der Waals surface area (Å²) in [5.41, 5.74) is 4.73. The van der Waals surface area contributed by atoms with Gasteiger partial charge in [0, 0.05) is 86.9 Å². The number of likely N-dealkylation sites (N-methyl/N-ethyl adjacent to an activating group) is 1. The van der Waals surface area contributed by atoms with Gasteiger partial charge in [0.1, 0.15) is 23.3 Å². The highest BCUT2D eigenvalue weighted by molar-refractivity contribution is 5.88. The number of anilines is 1. The number of aliphatic hydroxyl groups is 1. The van der Waals surface area contributed by atoms with Gasteiger partial charge in [-0.1, -0.05) is 6.92 Å². The van der Waals surface area contributed by atoms with Gasteiger partial charge < -0.3 is 33.8 Å². The molecule has 1 atom stereocenters. The second kappa shape index (κ2) is 13.6. The van der Waals surface area contributed by atoms with E-state index in [4.69, 9.17) is 13.9 Å². The van der Waals surface area contributed by atoms with E-state index in [2.05, 4.69) is 58.0 Å². The summed E-state index contributed by atoms with van der Waals surface area (Å²) in [6.45, 7) is 13.4. The first-order chi connectivity index (χ1) is 20.3. The van der Waals surface area contributed by atoms with Crippen LogP contribution in [0.25, 0.3) is 11.0 Å². The Bertz CT molecular complexity index is 1400. The van der Waals surface area contributed by atoms with Crippen molar-refractivity contribution in [2.45, 2.75) is 65.4 Å². The molecule has 0 radical (unpaired) electrons. The van der Waals surface area contributed by atoms with E-state index in [9.17, 15) is 9.90 Å². The van der Waals surface area contributed by atoms with Gasteiger partial charge in [0.05, 0.1) is 19.2 Å². The molecule has 10 heteroatoms. The van der Waals surface area contributed by atoms with Crippen molar-refractivity contribution in [2.75, 3.05) is 65.0 Å². The molecule has 1 unspecified atom stereocenters. The number of benzene rings is 1. The third kappa shape index (κ3) is 6.53. The molecule has 2 fully saturated rings. The molecule has 0 saturated carbocycles. The van der Waals surface area contributed by atoms with Crippen LogP contribution in [-0.4, -0.2) is 86.0 Å². The standard InChI is InChI=1S/C32H47N5O5/c1-6-24-27(37(7-2)22-8-14-41-15-9-22)18-29-25(17-23(42-29)20-36-12-10-35(4)11-13-36)30(24)32(39)33-19-26-28(40-5)16-21(3)34-31(26)38/h16-18,22,32-33,39H,6-15,19-20H2,1-5H3,(H,34,38). The molecule has 2 aliphatic heterocycles. The summed E-state index contributed by atoms with van der Waals surface area (Å²) in [5, 5.41) is 15.9. The van der Waals surface area contributed by atoms with E-state index in [1.165, 1.54) is 0 Å². The minimum atomic E-state index is -1.02. The lowest BCUT2D eigenvalue weighted by Gasteiger charge is -2.37. The molecule has 230 valence electrons. The molecule has 0 spiro atoms. The molecule has 2 aliphatic rings. The molecule has 1 aromatic carbocycles. The molecule has 0 aliphatic carbocycles. The fraction of sp³-hybridized carbons (Fsp3) is 0.594. The molecule has 0 amide bonds. The number of piperazine rings is 1. The Morgan fingerprint density at radius 1 is 1.14 bits per heavy atom. The van der Waals surface area contributed by atoms with Crippen molar-refractivity contribution in [3.63, 3.8) is 0 Å². The number of H-pyrrole nitrogens is 1. The number of methoxy groups -OCH3 is 1. The molecule has 5 rings (SSSR count). The first-order valence-corrected chi connectivity index (χ1v) is 15.3. The molecule has 3 aromatic rings. The van der Waals surface area contributed by atoms with Crippen LogP contribution < -0.4 is 20.5 Å². The maximum absolute atomic E-state index is 12.8.